The van der Waals surface area contributed by atoms with E-state index >= 15 is 0 Å². The Balaban J connectivity index is 1.55. The van der Waals surface area contributed by atoms with Crippen LogP contribution in [0.15, 0.2) is 42.9 Å². The summed E-state index contributed by atoms with van der Waals surface area (Å²) >= 11 is 4.55. The molecule has 27 heavy (non-hydrogen) atoms. The van der Waals surface area contributed by atoms with Crippen LogP contribution in [0.3, 0.4) is 0 Å². The van der Waals surface area contributed by atoms with E-state index in [4.69, 9.17) is 4.52 Å². The van der Waals surface area contributed by atoms with Gasteiger partial charge in [-0.1, -0.05) is 33.9 Å². The van der Waals surface area contributed by atoms with E-state index in [1.165, 1.54) is 12.8 Å². The minimum atomic E-state index is -3.67. The Bertz CT molecular complexity index is 1070. The summed E-state index contributed by atoms with van der Waals surface area (Å²) in [7, 11) is -3.67. The van der Waals surface area contributed by atoms with E-state index in [1.807, 2.05) is 13.0 Å². The molecule has 0 atom stereocenters. The van der Waals surface area contributed by atoms with Gasteiger partial charge in [-0.3, -0.25) is 4.72 Å². The maximum Gasteiger partial charge on any atom is 0.271 e. The SMILES string of the molecule is Cc1cc(NS(=O)(=O)c2cc(-c3noc(C4CCCC4)n3)cs2)ccc1Br. The molecule has 0 unspecified atom stereocenters. The minimum Gasteiger partial charge on any atom is -0.339 e. The average molecular weight is 468 g/mol. The molecular formula is C18H18BrN3O3S2. The average Bonchev–Trinajstić information content (AvgIpc) is 3.38. The zero-order valence-corrected chi connectivity index (χ0v) is 17.8. The summed E-state index contributed by atoms with van der Waals surface area (Å²) in [5.74, 6) is 1.42. The summed E-state index contributed by atoms with van der Waals surface area (Å²) in [4.78, 5) is 4.47. The number of thiophene rings is 1. The molecule has 142 valence electrons. The van der Waals surface area contributed by atoms with Gasteiger partial charge in [0.2, 0.25) is 11.7 Å². The number of nitrogens with zero attached hydrogens (tertiary/aromatic N) is 2. The van der Waals surface area contributed by atoms with Gasteiger partial charge in [0.1, 0.15) is 4.21 Å². The van der Waals surface area contributed by atoms with Gasteiger partial charge in [0.05, 0.1) is 0 Å². The Morgan fingerprint density at radius 3 is 2.78 bits per heavy atom. The molecule has 0 radical (unpaired) electrons. The van der Waals surface area contributed by atoms with Gasteiger partial charge in [0.15, 0.2) is 0 Å². The van der Waals surface area contributed by atoms with Crippen LogP contribution in [0.4, 0.5) is 5.69 Å². The molecule has 0 bridgehead atoms. The van der Waals surface area contributed by atoms with Crippen molar-refractivity contribution in [1.29, 1.82) is 0 Å². The lowest BCUT2D eigenvalue weighted by Crippen LogP contribution is -2.11. The molecule has 0 saturated heterocycles. The number of hydrogen-bond acceptors (Lipinski definition) is 6. The van der Waals surface area contributed by atoms with Crippen LogP contribution in [0.5, 0.6) is 0 Å². The molecule has 1 fully saturated rings. The van der Waals surface area contributed by atoms with Crippen molar-refractivity contribution in [3.63, 3.8) is 0 Å². The van der Waals surface area contributed by atoms with E-state index in [1.54, 1.807) is 23.6 Å². The quantitative estimate of drug-likeness (QED) is 0.547. The van der Waals surface area contributed by atoms with Gasteiger partial charge in [0, 0.05) is 27.0 Å². The van der Waals surface area contributed by atoms with Crippen molar-refractivity contribution >= 4 is 43.0 Å². The van der Waals surface area contributed by atoms with Gasteiger partial charge in [0.25, 0.3) is 10.0 Å². The van der Waals surface area contributed by atoms with E-state index in [9.17, 15) is 8.42 Å². The third kappa shape index (κ3) is 3.95. The molecule has 1 aliphatic carbocycles. The maximum absolute atomic E-state index is 12.7. The Morgan fingerprint density at radius 2 is 2.04 bits per heavy atom. The van der Waals surface area contributed by atoms with E-state index < -0.39 is 10.0 Å². The van der Waals surface area contributed by atoms with Gasteiger partial charge >= 0.3 is 0 Å². The number of nitrogens with one attached hydrogen (secondary N) is 1. The second kappa shape index (κ2) is 7.37. The summed E-state index contributed by atoms with van der Waals surface area (Å²) < 4.78 is 34.5. The van der Waals surface area contributed by atoms with Crippen LogP contribution in [0.25, 0.3) is 11.4 Å². The van der Waals surface area contributed by atoms with Crippen LogP contribution >= 0.6 is 27.3 Å². The Kier molecular flexibility index (Phi) is 5.09. The molecule has 1 aliphatic rings. The summed E-state index contributed by atoms with van der Waals surface area (Å²) in [6.07, 6.45) is 4.51. The first-order valence-corrected chi connectivity index (χ1v) is 11.8. The second-order valence-electron chi connectivity index (χ2n) is 6.66. The molecular weight excluding hydrogens is 450 g/mol. The van der Waals surface area contributed by atoms with E-state index in [0.717, 1.165) is 34.2 Å². The van der Waals surface area contributed by atoms with E-state index in [-0.39, 0.29) is 4.21 Å². The summed E-state index contributed by atoms with van der Waals surface area (Å²) in [6, 6.07) is 6.90. The van der Waals surface area contributed by atoms with Crippen molar-refractivity contribution in [2.45, 2.75) is 42.7 Å². The lowest BCUT2D eigenvalue weighted by molar-refractivity contribution is 0.354. The van der Waals surface area contributed by atoms with Gasteiger partial charge < -0.3 is 4.52 Å². The van der Waals surface area contributed by atoms with Gasteiger partial charge in [-0.05, 0) is 49.6 Å². The zero-order valence-electron chi connectivity index (χ0n) is 14.6. The third-order valence-corrected chi connectivity index (χ3v) is 8.37. The van der Waals surface area contributed by atoms with E-state index in [2.05, 4.69) is 30.8 Å². The van der Waals surface area contributed by atoms with Crippen molar-refractivity contribution < 1.29 is 12.9 Å². The summed E-state index contributed by atoms with van der Waals surface area (Å²) in [6.45, 7) is 1.91. The van der Waals surface area contributed by atoms with Crippen molar-refractivity contribution in [1.82, 2.24) is 10.1 Å². The monoisotopic (exact) mass is 467 g/mol. The summed E-state index contributed by atoms with van der Waals surface area (Å²) in [5, 5.41) is 5.77. The van der Waals surface area contributed by atoms with Gasteiger partial charge in [-0.15, -0.1) is 11.3 Å². The first-order valence-electron chi connectivity index (χ1n) is 8.64. The number of aryl methyl sites for hydroxylation is 1. The first-order chi connectivity index (χ1) is 12.9. The molecule has 6 nitrogen and oxygen atoms in total. The van der Waals surface area contributed by atoms with Gasteiger partial charge in [-0.2, -0.15) is 4.98 Å². The molecule has 0 aliphatic heterocycles. The number of rotatable bonds is 5. The number of aromatic nitrogens is 2. The molecule has 3 aromatic rings. The molecule has 1 aromatic carbocycles. The second-order valence-corrected chi connectivity index (χ2v) is 10.3. The number of anilines is 1. The smallest absolute Gasteiger partial charge is 0.271 e. The lowest BCUT2D eigenvalue weighted by Gasteiger charge is -2.07. The molecule has 1 saturated carbocycles. The van der Waals surface area contributed by atoms with Gasteiger partial charge in [-0.25, -0.2) is 8.42 Å². The number of benzene rings is 1. The molecule has 0 amide bonds. The van der Waals surface area contributed by atoms with Crippen molar-refractivity contribution in [2.24, 2.45) is 0 Å². The maximum atomic E-state index is 12.7. The topological polar surface area (TPSA) is 85.1 Å². The molecule has 1 N–H and O–H groups in total. The number of halogens is 1. The summed E-state index contributed by atoms with van der Waals surface area (Å²) in [5.41, 5.74) is 2.13. The Hall–Kier alpha value is -1.71. The molecule has 2 aromatic heterocycles. The van der Waals surface area contributed by atoms with Crippen LogP contribution in [-0.2, 0) is 10.0 Å². The van der Waals surface area contributed by atoms with Crippen LogP contribution < -0.4 is 4.72 Å². The lowest BCUT2D eigenvalue weighted by atomic mass is 10.1. The minimum absolute atomic E-state index is 0.213. The highest BCUT2D eigenvalue weighted by atomic mass is 79.9. The van der Waals surface area contributed by atoms with Crippen LogP contribution in [0, 0.1) is 6.92 Å². The fourth-order valence-electron chi connectivity index (χ4n) is 3.18. The highest BCUT2D eigenvalue weighted by Crippen LogP contribution is 2.35. The fraction of sp³-hybridized carbons (Fsp3) is 0.333. The largest absolute Gasteiger partial charge is 0.339 e. The van der Waals surface area contributed by atoms with Crippen molar-refractivity contribution in [3.8, 4) is 11.4 Å². The first kappa shape index (κ1) is 18.6. The highest BCUT2D eigenvalue weighted by Gasteiger charge is 2.24. The van der Waals surface area contributed by atoms with Crippen LogP contribution in [0.2, 0.25) is 0 Å². The standard InChI is InChI=1S/C18H18BrN3O3S2/c1-11-8-14(6-7-15(11)19)22-27(23,24)16-9-13(10-26-16)17-20-18(25-21-17)12-4-2-3-5-12/h6-10,12,22H,2-5H2,1H3. The van der Waals surface area contributed by atoms with E-state index in [0.29, 0.717) is 28.9 Å². The third-order valence-electron chi connectivity index (χ3n) is 4.65. The fourth-order valence-corrected chi connectivity index (χ4v) is 5.63. The van der Waals surface area contributed by atoms with Crippen molar-refractivity contribution in [2.75, 3.05) is 4.72 Å². The van der Waals surface area contributed by atoms with Crippen LogP contribution in [0.1, 0.15) is 43.1 Å². The number of sulfonamides is 1. The number of hydrogen-bond donors (Lipinski definition) is 1. The Morgan fingerprint density at radius 1 is 1.26 bits per heavy atom. The highest BCUT2D eigenvalue weighted by molar-refractivity contribution is 9.10. The predicted molar refractivity (Wildman–Crippen MR) is 109 cm³/mol. The van der Waals surface area contributed by atoms with Crippen molar-refractivity contribution in [3.05, 3.63) is 45.6 Å². The molecule has 0 spiro atoms. The molecule has 4 rings (SSSR count). The zero-order chi connectivity index (χ0) is 19.0. The predicted octanol–water partition coefficient (Wildman–Crippen LogP) is 5.33. The molecule has 9 heteroatoms. The Labute approximate surface area is 170 Å². The normalized spacial score (nSPS) is 15.3. The molecule has 2 heterocycles. The van der Waals surface area contributed by atoms with Crippen LogP contribution in [-0.4, -0.2) is 18.6 Å².